The summed E-state index contributed by atoms with van der Waals surface area (Å²) in [7, 11) is 0. The summed E-state index contributed by atoms with van der Waals surface area (Å²) in [6.45, 7) is -0.563. The lowest BCUT2D eigenvalue weighted by Gasteiger charge is -2.13. The van der Waals surface area contributed by atoms with Crippen molar-refractivity contribution < 1.29 is 18.3 Å². The van der Waals surface area contributed by atoms with Crippen LogP contribution in [0.5, 0.6) is 0 Å². The Morgan fingerprint density at radius 3 is 2.62 bits per heavy atom. The summed E-state index contributed by atoms with van der Waals surface area (Å²) >= 11 is 1.92. The molecule has 74 valence electrons. The van der Waals surface area contributed by atoms with Crippen LogP contribution in [-0.2, 0) is 6.54 Å². The number of aromatic nitrogens is 2. The molecule has 0 fully saturated rings. The fourth-order valence-electron chi connectivity index (χ4n) is 0.719. The highest BCUT2D eigenvalue weighted by molar-refractivity contribution is 14.1. The Kier molecular flexibility index (Phi) is 3.17. The molecule has 0 radical (unpaired) electrons. The first-order chi connectivity index (χ1) is 5.89. The molecule has 7 heteroatoms. The van der Waals surface area contributed by atoms with E-state index in [-0.39, 0.29) is 0 Å². The number of halogens is 4. The molecule has 0 amide bonds. The maximum absolute atomic E-state index is 11.8. The first kappa shape index (κ1) is 10.8. The summed E-state index contributed by atoms with van der Waals surface area (Å²) in [4.78, 5) is 0. The molecule has 1 aromatic rings. The molecule has 3 nitrogen and oxygen atoms in total. The number of aliphatic hydroxyl groups is 1. The largest absolute Gasteiger partial charge is 0.416 e. The van der Waals surface area contributed by atoms with Gasteiger partial charge in [0.05, 0.1) is 16.3 Å². The zero-order chi connectivity index (χ0) is 10.1. The highest BCUT2D eigenvalue weighted by atomic mass is 127. The molecular weight excluding hydrogens is 300 g/mol. The third kappa shape index (κ3) is 3.14. The normalized spacial score (nSPS) is 14.5. The molecule has 0 saturated carbocycles. The van der Waals surface area contributed by atoms with Crippen LogP contribution in [0.1, 0.15) is 0 Å². The Balaban J connectivity index is 2.60. The van der Waals surface area contributed by atoms with Crippen LogP contribution in [0, 0.1) is 3.57 Å². The lowest BCUT2D eigenvalue weighted by Crippen LogP contribution is -2.32. The van der Waals surface area contributed by atoms with Crippen LogP contribution in [0.15, 0.2) is 12.4 Å². The molecular formula is C6H6F3IN2O. The highest BCUT2D eigenvalue weighted by Crippen LogP contribution is 2.21. The van der Waals surface area contributed by atoms with Crippen molar-refractivity contribution in [3.63, 3.8) is 0 Å². The van der Waals surface area contributed by atoms with E-state index in [1.54, 1.807) is 0 Å². The number of rotatable bonds is 2. The fourth-order valence-corrected chi connectivity index (χ4v) is 1.16. The lowest BCUT2D eigenvalue weighted by molar-refractivity contribution is -0.208. The fraction of sp³-hybridized carbons (Fsp3) is 0.500. The van der Waals surface area contributed by atoms with Gasteiger partial charge in [0.2, 0.25) is 0 Å². The molecule has 0 bridgehead atoms. The molecule has 1 rings (SSSR count). The summed E-state index contributed by atoms with van der Waals surface area (Å²) in [6, 6.07) is 0. The minimum absolute atomic E-state index is 0.563. The summed E-state index contributed by atoms with van der Waals surface area (Å²) in [6.07, 6.45) is -4.10. The molecule has 0 aliphatic heterocycles. The van der Waals surface area contributed by atoms with Gasteiger partial charge in [-0.25, -0.2) is 0 Å². The summed E-state index contributed by atoms with van der Waals surface area (Å²) < 4.78 is 37.3. The number of aliphatic hydroxyl groups excluding tert-OH is 1. The molecule has 0 saturated heterocycles. The van der Waals surface area contributed by atoms with E-state index in [9.17, 15) is 13.2 Å². The molecule has 1 atom stereocenters. The molecule has 0 aromatic carbocycles. The first-order valence-electron chi connectivity index (χ1n) is 3.32. The van der Waals surface area contributed by atoms with Gasteiger partial charge in [-0.05, 0) is 22.6 Å². The average molecular weight is 306 g/mol. The molecule has 0 aliphatic carbocycles. The number of nitrogens with zero attached hydrogens (tertiary/aromatic N) is 2. The van der Waals surface area contributed by atoms with Crippen LogP contribution in [0.3, 0.4) is 0 Å². The smallest absolute Gasteiger partial charge is 0.382 e. The summed E-state index contributed by atoms with van der Waals surface area (Å²) in [5, 5.41) is 12.3. The standard InChI is InChI=1S/C6H6F3IN2O/c7-6(8,9)5(13)3-12-2-4(10)1-11-12/h1-2,5,13H,3H2/t5-/m0/s1. The second-order valence-corrected chi connectivity index (χ2v) is 3.68. The van der Waals surface area contributed by atoms with Crippen molar-refractivity contribution in [3.8, 4) is 0 Å². The second-order valence-electron chi connectivity index (χ2n) is 2.44. The molecule has 0 spiro atoms. The molecule has 1 N–H and O–H groups in total. The number of alkyl halides is 3. The average Bonchev–Trinajstić information content (AvgIpc) is 2.33. The van der Waals surface area contributed by atoms with Gasteiger partial charge in [-0.2, -0.15) is 18.3 Å². The van der Waals surface area contributed by atoms with Crippen molar-refractivity contribution in [1.29, 1.82) is 0 Å². The monoisotopic (exact) mass is 306 g/mol. The van der Waals surface area contributed by atoms with Crippen molar-refractivity contribution in [1.82, 2.24) is 9.78 Å². The van der Waals surface area contributed by atoms with E-state index in [0.29, 0.717) is 0 Å². The van der Waals surface area contributed by atoms with Crippen LogP contribution in [-0.4, -0.2) is 27.2 Å². The minimum atomic E-state index is -4.59. The van der Waals surface area contributed by atoms with Crippen molar-refractivity contribution in [2.24, 2.45) is 0 Å². The summed E-state index contributed by atoms with van der Waals surface area (Å²) in [5.41, 5.74) is 0. The third-order valence-corrected chi connectivity index (χ3v) is 1.90. The SMILES string of the molecule is O[C@@H](Cn1cc(I)cn1)C(F)(F)F. The van der Waals surface area contributed by atoms with E-state index in [4.69, 9.17) is 5.11 Å². The van der Waals surface area contributed by atoms with E-state index in [1.165, 1.54) is 12.4 Å². The topological polar surface area (TPSA) is 38.0 Å². The van der Waals surface area contributed by atoms with E-state index in [0.717, 1.165) is 8.25 Å². The molecule has 0 unspecified atom stereocenters. The molecule has 1 aromatic heterocycles. The van der Waals surface area contributed by atoms with Gasteiger partial charge in [-0.3, -0.25) is 4.68 Å². The van der Waals surface area contributed by atoms with Crippen molar-refractivity contribution in [2.45, 2.75) is 18.8 Å². The number of hydrogen-bond donors (Lipinski definition) is 1. The van der Waals surface area contributed by atoms with Gasteiger partial charge in [0.15, 0.2) is 6.10 Å². The minimum Gasteiger partial charge on any atom is -0.382 e. The molecule has 0 aliphatic rings. The predicted molar refractivity (Wildman–Crippen MR) is 47.0 cm³/mol. The molecule has 13 heavy (non-hydrogen) atoms. The zero-order valence-corrected chi connectivity index (χ0v) is 8.45. The maximum atomic E-state index is 11.8. The third-order valence-electron chi connectivity index (χ3n) is 1.34. The lowest BCUT2D eigenvalue weighted by atomic mass is 10.3. The van der Waals surface area contributed by atoms with Crippen molar-refractivity contribution in [3.05, 3.63) is 16.0 Å². The molecule has 1 heterocycles. The van der Waals surface area contributed by atoms with Crippen molar-refractivity contribution in [2.75, 3.05) is 0 Å². The van der Waals surface area contributed by atoms with E-state index in [2.05, 4.69) is 5.10 Å². The Labute approximate surface area is 85.7 Å². The zero-order valence-electron chi connectivity index (χ0n) is 6.29. The quantitative estimate of drug-likeness (QED) is 0.839. The Morgan fingerprint density at radius 1 is 1.62 bits per heavy atom. The Hall–Kier alpha value is -0.310. The van der Waals surface area contributed by atoms with Gasteiger partial charge >= 0.3 is 6.18 Å². The van der Waals surface area contributed by atoms with Crippen LogP contribution in [0.2, 0.25) is 0 Å². The van der Waals surface area contributed by atoms with Crippen LogP contribution < -0.4 is 0 Å². The first-order valence-corrected chi connectivity index (χ1v) is 4.40. The van der Waals surface area contributed by atoms with E-state index < -0.39 is 18.8 Å². The van der Waals surface area contributed by atoms with E-state index >= 15 is 0 Å². The van der Waals surface area contributed by atoms with Gasteiger partial charge in [0.1, 0.15) is 0 Å². The van der Waals surface area contributed by atoms with Gasteiger partial charge in [-0.1, -0.05) is 0 Å². The van der Waals surface area contributed by atoms with Gasteiger partial charge in [0.25, 0.3) is 0 Å². The Morgan fingerprint density at radius 2 is 2.23 bits per heavy atom. The van der Waals surface area contributed by atoms with Crippen LogP contribution in [0.25, 0.3) is 0 Å². The highest BCUT2D eigenvalue weighted by Gasteiger charge is 2.38. The van der Waals surface area contributed by atoms with Gasteiger partial charge in [0, 0.05) is 6.20 Å². The maximum Gasteiger partial charge on any atom is 0.416 e. The Bertz CT molecular complexity index is 286. The predicted octanol–water partition coefficient (Wildman–Crippen LogP) is 1.41. The van der Waals surface area contributed by atoms with Crippen LogP contribution in [0.4, 0.5) is 13.2 Å². The second kappa shape index (κ2) is 3.82. The van der Waals surface area contributed by atoms with Gasteiger partial charge in [-0.15, -0.1) is 0 Å². The van der Waals surface area contributed by atoms with E-state index in [1.807, 2.05) is 22.6 Å². The number of hydrogen-bond acceptors (Lipinski definition) is 2. The van der Waals surface area contributed by atoms with Gasteiger partial charge < -0.3 is 5.11 Å². The van der Waals surface area contributed by atoms with Crippen molar-refractivity contribution >= 4 is 22.6 Å². The summed E-state index contributed by atoms with van der Waals surface area (Å²) in [5.74, 6) is 0. The van der Waals surface area contributed by atoms with Crippen LogP contribution >= 0.6 is 22.6 Å².